The van der Waals surface area contributed by atoms with Gasteiger partial charge in [0.2, 0.25) is 5.91 Å². The summed E-state index contributed by atoms with van der Waals surface area (Å²) in [6.07, 6.45) is -6.09. The van der Waals surface area contributed by atoms with Crippen LogP contribution in [0, 0.1) is 0 Å². The van der Waals surface area contributed by atoms with Crippen LogP contribution in [0.15, 0.2) is 12.2 Å². The van der Waals surface area contributed by atoms with Crippen LogP contribution in [0.4, 0.5) is 0 Å². The van der Waals surface area contributed by atoms with Gasteiger partial charge < -0.3 is 59.5 Å². The van der Waals surface area contributed by atoms with E-state index in [1.54, 1.807) is 0 Å². The number of hydrogen-bond donors (Lipinski definition) is 6. The molecule has 0 radical (unpaired) electrons. The third-order valence-electron chi connectivity index (χ3n) is 9.20. The Labute approximate surface area is 272 Å². The summed E-state index contributed by atoms with van der Waals surface area (Å²) >= 11 is 0. The van der Waals surface area contributed by atoms with E-state index < -0.39 is 97.2 Å². The normalized spacial score (nSPS) is 37.6. The van der Waals surface area contributed by atoms with Crippen LogP contribution < -0.4 is 10.6 Å². The van der Waals surface area contributed by atoms with E-state index >= 15 is 0 Å². The minimum absolute atomic E-state index is 0.483. The number of ether oxygens (including phenoxy) is 6. The van der Waals surface area contributed by atoms with Gasteiger partial charge in [-0.3, -0.25) is 9.59 Å². The Kier molecular flexibility index (Phi) is 14.4. The van der Waals surface area contributed by atoms with Crippen molar-refractivity contribution in [3.8, 4) is 0 Å². The van der Waals surface area contributed by atoms with Crippen molar-refractivity contribution in [2.24, 2.45) is 0 Å². The van der Waals surface area contributed by atoms with Gasteiger partial charge in [0.05, 0.1) is 24.4 Å². The second kappa shape index (κ2) is 17.1. The van der Waals surface area contributed by atoms with Crippen LogP contribution in [-0.2, 0) is 38.0 Å². The molecule has 0 bridgehead atoms. The highest BCUT2D eigenvalue weighted by Gasteiger charge is 2.55. The smallest absolute Gasteiger partial charge is 0.254 e. The Morgan fingerprint density at radius 2 is 1.61 bits per heavy atom. The molecule has 46 heavy (non-hydrogen) atoms. The number of allylic oxidation sites excluding steroid dienone is 1. The molecule has 0 aromatic rings. The zero-order valence-electron chi connectivity index (χ0n) is 28.2. The molecule has 266 valence electrons. The van der Waals surface area contributed by atoms with Crippen LogP contribution in [0.25, 0.3) is 0 Å². The van der Waals surface area contributed by atoms with Crippen LogP contribution in [-0.4, -0.2) is 124 Å². The highest BCUT2D eigenvalue weighted by Crippen LogP contribution is 2.35. The summed E-state index contributed by atoms with van der Waals surface area (Å²) in [6.45, 7) is 12.6. The van der Waals surface area contributed by atoms with Crippen molar-refractivity contribution in [1.29, 1.82) is 0 Å². The summed E-state index contributed by atoms with van der Waals surface area (Å²) in [6, 6.07) is -1.14. The Hall–Kier alpha value is -1.72. The molecule has 0 spiro atoms. The van der Waals surface area contributed by atoms with Gasteiger partial charge in [-0.15, -0.1) is 0 Å². The molecule has 0 aliphatic carbocycles. The zero-order valence-corrected chi connectivity index (χ0v) is 28.2. The van der Waals surface area contributed by atoms with Gasteiger partial charge in [-0.1, -0.05) is 39.3 Å². The predicted molar refractivity (Wildman–Crippen MR) is 165 cm³/mol. The summed E-state index contributed by atoms with van der Waals surface area (Å²) < 4.78 is 36.2. The minimum atomic E-state index is -1.73. The van der Waals surface area contributed by atoms with E-state index in [2.05, 4.69) is 10.6 Å². The lowest BCUT2D eigenvalue weighted by molar-refractivity contribution is -0.353. The average molecular weight is 661 g/mol. The Balaban J connectivity index is 1.95. The fourth-order valence-corrected chi connectivity index (χ4v) is 5.86. The summed E-state index contributed by atoms with van der Waals surface area (Å²) in [4.78, 5) is 25.9. The highest BCUT2D eigenvalue weighted by atomic mass is 16.7. The lowest BCUT2D eigenvalue weighted by atomic mass is 9.92. The molecule has 3 aliphatic rings. The molecule has 0 aromatic heterocycles. The van der Waals surface area contributed by atoms with Gasteiger partial charge in [0, 0.05) is 13.3 Å². The molecule has 2 amide bonds. The molecule has 3 fully saturated rings. The van der Waals surface area contributed by atoms with Crippen molar-refractivity contribution in [2.45, 2.75) is 166 Å². The van der Waals surface area contributed by atoms with Gasteiger partial charge in [0.15, 0.2) is 18.7 Å². The molecule has 6 N–H and O–H groups in total. The van der Waals surface area contributed by atoms with Gasteiger partial charge in [-0.2, -0.15) is 0 Å². The van der Waals surface area contributed by atoms with E-state index in [9.17, 15) is 30.0 Å². The number of hydrogen-bond acceptors (Lipinski definition) is 12. The van der Waals surface area contributed by atoms with Crippen molar-refractivity contribution in [2.75, 3.05) is 13.2 Å². The first-order chi connectivity index (χ1) is 21.7. The average Bonchev–Trinajstić information content (AvgIpc) is 3.00. The lowest BCUT2D eigenvalue weighted by Gasteiger charge is -2.50. The third kappa shape index (κ3) is 9.46. The highest BCUT2D eigenvalue weighted by molar-refractivity contribution is 5.82. The second-order valence-corrected chi connectivity index (χ2v) is 12.9. The molecule has 0 aromatic carbocycles. The SMILES string of the molecule is C/C=C\CC(C)(CC)OC1OC(CO)C(O)C(OC2OC(C(=O)NC3CCO3)C(OC(C)(CC)CCC)C(O)C2O)C1NC(C)=O. The molecule has 14 heteroatoms. The first kappa shape index (κ1) is 38.7. The van der Waals surface area contributed by atoms with E-state index in [4.69, 9.17) is 28.4 Å². The van der Waals surface area contributed by atoms with Gasteiger partial charge in [0.25, 0.3) is 5.91 Å². The van der Waals surface area contributed by atoms with Gasteiger partial charge in [-0.05, 0) is 46.5 Å². The Morgan fingerprint density at radius 1 is 0.935 bits per heavy atom. The fraction of sp³-hybridized carbons (Fsp3) is 0.875. The number of carbonyl (C=O) groups excluding carboxylic acids is 2. The molecule has 3 aliphatic heterocycles. The van der Waals surface area contributed by atoms with Crippen molar-refractivity contribution in [3.05, 3.63) is 12.2 Å². The van der Waals surface area contributed by atoms with Gasteiger partial charge in [-0.25, -0.2) is 0 Å². The summed E-state index contributed by atoms with van der Waals surface area (Å²) in [5.74, 6) is -1.12. The number of nitrogens with one attached hydrogen (secondary N) is 2. The number of carbonyl (C=O) groups is 2. The molecule has 3 saturated heterocycles. The van der Waals surface area contributed by atoms with Crippen molar-refractivity contribution in [1.82, 2.24) is 10.6 Å². The first-order valence-corrected chi connectivity index (χ1v) is 16.5. The van der Waals surface area contributed by atoms with Crippen LogP contribution in [0.5, 0.6) is 0 Å². The summed E-state index contributed by atoms with van der Waals surface area (Å²) in [5, 5.41) is 49.6. The number of amides is 2. The maximum atomic E-state index is 13.5. The quantitative estimate of drug-likeness (QED) is 0.128. The molecule has 14 nitrogen and oxygen atoms in total. The lowest BCUT2D eigenvalue weighted by Crippen LogP contribution is -2.69. The van der Waals surface area contributed by atoms with Crippen molar-refractivity contribution < 1.29 is 58.4 Å². The molecule has 13 atom stereocenters. The summed E-state index contributed by atoms with van der Waals surface area (Å²) in [5.41, 5.74) is -1.48. The number of rotatable bonds is 16. The van der Waals surface area contributed by atoms with Crippen molar-refractivity contribution >= 4 is 11.8 Å². The predicted octanol–water partition coefficient (Wildman–Crippen LogP) is 0.769. The van der Waals surface area contributed by atoms with E-state index in [0.717, 1.165) is 6.42 Å². The minimum Gasteiger partial charge on any atom is -0.394 e. The molecule has 3 rings (SSSR count). The first-order valence-electron chi connectivity index (χ1n) is 16.5. The van der Waals surface area contributed by atoms with Gasteiger partial charge >= 0.3 is 0 Å². The maximum Gasteiger partial charge on any atom is 0.254 e. The molecular weight excluding hydrogens is 604 g/mol. The van der Waals surface area contributed by atoms with Crippen LogP contribution in [0.1, 0.15) is 87.0 Å². The fourth-order valence-electron chi connectivity index (χ4n) is 5.86. The summed E-state index contributed by atoms with van der Waals surface area (Å²) in [7, 11) is 0. The standard InChI is InChI=1S/C32H56N2O12/c1-8-12-15-32(7,11-4)46-29-21(33-18(5)36)25(22(37)19(17-35)42-29)43-30-24(39)23(38)26(45-31(6,10-3)14-9-2)27(44-30)28(40)34-20-13-16-41-20/h8,12,19-27,29-30,35,37-39H,9-11,13-17H2,1-7H3,(H,33,36)(H,34,40)/b12-8-. The maximum absolute atomic E-state index is 13.5. The van der Waals surface area contributed by atoms with E-state index in [1.807, 2.05) is 53.7 Å². The Morgan fingerprint density at radius 3 is 2.13 bits per heavy atom. The number of aliphatic hydroxyl groups is 4. The second-order valence-electron chi connectivity index (χ2n) is 12.9. The molecule has 13 unspecified atom stereocenters. The molecule has 3 heterocycles. The largest absolute Gasteiger partial charge is 0.394 e. The van der Waals surface area contributed by atoms with Crippen LogP contribution in [0.2, 0.25) is 0 Å². The molecular formula is C32H56N2O12. The monoisotopic (exact) mass is 660 g/mol. The zero-order chi connectivity index (χ0) is 34.2. The number of aliphatic hydroxyl groups excluding tert-OH is 4. The van der Waals surface area contributed by atoms with E-state index in [-0.39, 0.29) is 0 Å². The van der Waals surface area contributed by atoms with Crippen molar-refractivity contribution in [3.63, 3.8) is 0 Å². The van der Waals surface area contributed by atoms with E-state index in [1.165, 1.54) is 6.92 Å². The van der Waals surface area contributed by atoms with Crippen LogP contribution >= 0.6 is 0 Å². The van der Waals surface area contributed by atoms with E-state index in [0.29, 0.717) is 38.7 Å². The molecule has 0 saturated carbocycles. The van der Waals surface area contributed by atoms with Crippen LogP contribution in [0.3, 0.4) is 0 Å². The van der Waals surface area contributed by atoms with Gasteiger partial charge in [0.1, 0.15) is 48.9 Å². The Bertz CT molecular complexity index is 1010. The third-order valence-corrected chi connectivity index (χ3v) is 9.20. The topological polar surface area (TPSA) is 194 Å².